The van der Waals surface area contributed by atoms with Crippen LogP contribution in [0.3, 0.4) is 0 Å². The molecule has 130 valence electrons. The van der Waals surface area contributed by atoms with Crippen molar-refractivity contribution in [2.45, 2.75) is 6.61 Å². The number of nitrogens with zero attached hydrogens (tertiary/aromatic N) is 2. The lowest BCUT2D eigenvalue weighted by molar-refractivity contribution is 0.0430. The molecule has 4 rings (SSSR count). The van der Waals surface area contributed by atoms with Crippen LogP contribution in [0.5, 0.6) is 5.75 Å². The van der Waals surface area contributed by atoms with E-state index in [9.17, 15) is 4.79 Å². The fourth-order valence-corrected chi connectivity index (χ4v) is 2.56. The van der Waals surface area contributed by atoms with Crippen LogP contribution in [0.4, 0.5) is 0 Å². The minimum absolute atomic E-state index is 0.0901. The summed E-state index contributed by atoms with van der Waals surface area (Å²) < 4.78 is 15.5. The van der Waals surface area contributed by atoms with E-state index in [0.717, 1.165) is 22.2 Å². The molecule has 2 aromatic heterocycles. The van der Waals surface area contributed by atoms with Gasteiger partial charge in [0.1, 0.15) is 5.75 Å². The molecule has 4 aromatic rings. The van der Waals surface area contributed by atoms with Crippen molar-refractivity contribution in [3.63, 3.8) is 0 Å². The van der Waals surface area contributed by atoms with Crippen LogP contribution in [0.1, 0.15) is 16.2 Å². The topological polar surface area (TPSA) is 90.2 Å². The van der Waals surface area contributed by atoms with Gasteiger partial charge in [0.25, 0.3) is 5.89 Å². The van der Waals surface area contributed by atoms with Gasteiger partial charge in [-0.05, 0) is 48.5 Å². The van der Waals surface area contributed by atoms with E-state index >= 15 is 0 Å². The lowest BCUT2D eigenvalue weighted by atomic mass is 10.1. The Morgan fingerprint density at radius 1 is 1.15 bits per heavy atom. The van der Waals surface area contributed by atoms with Gasteiger partial charge in [0.15, 0.2) is 6.61 Å². The molecule has 0 radical (unpaired) electrons. The lowest BCUT2D eigenvalue weighted by Gasteiger charge is -2.02. The quantitative estimate of drug-likeness (QED) is 0.554. The zero-order chi connectivity index (χ0) is 17.9. The van der Waals surface area contributed by atoms with E-state index in [1.165, 1.54) is 0 Å². The summed E-state index contributed by atoms with van der Waals surface area (Å²) in [5.74, 6) is 0.947. The van der Waals surface area contributed by atoms with Gasteiger partial charge in [-0.1, -0.05) is 5.16 Å². The smallest absolute Gasteiger partial charge is 0.338 e. The second-order valence-corrected chi connectivity index (χ2v) is 5.60. The molecule has 0 atom stereocenters. The molecule has 2 aromatic carbocycles. The van der Waals surface area contributed by atoms with Crippen molar-refractivity contribution >= 4 is 16.9 Å². The Labute approximate surface area is 148 Å². The van der Waals surface area contributed by atoms with E-state index in [0.29, 0.717) is 11.4 Å². The molecule has 0 spiro atoms. The summed E-state index contributed by atoms with van der Waals surface area (Å²) in [6.07, 6.45) is 1.82. The largest absolute Gasteiger partial charge is 0.497 e. The highest BCUT2D eigenvalue weighted by Crippen LogP contribution is 2.20. The number of carbonyl (C=O) groups excluding carboxylic acids is 1. The number of carbonyl (C=O) groups is 1. The highest BCUT2D eigenvalue weighted by atomic mass is 16.6. The predicted molar refractivity (Wildman–Crippen MR) is 93.7 cm³/mol. The van der Waals surface area contributed by atoms with Gasteiger partial charge in [-0.15, -0.1) is 0 Å². The molecule has 0 bridgehead atoms. The average Bonchev–Trinajstić information content (AvgIpc) is 3.35. The fourth-order valence-electron chi connectivity index (χ4n) is 2.56. The van der Waals surface area contributed by atoms with Gasteiger partial charge in [0.05, 0.1) is 12.7 Å². The molecular weight excluding hydrogens is 334 g/mol. The molecule has 26 heavy (non-hydrogen) atoms. The number of esters is 1. The molecule has 0 saturated carbocycles. The van der Waals surface area contributed by atoms with E-state index in [1.54, 1.807) is 19.2 Å². The van der Waals surface area contributed by atoms with E-state index in [4.69, 9.17) is 14.0 Å². The normalized spacial score (nSPS) is 10.8. The van der Waals surface area contributed by atoms with Gasteiger partial charge in [-0.2, -0.15) is 4.98 Å². The minimum atomic E-state index is -0.447. The molecule has 7 nitrogen and oxygen atoms in total. The zero-order valence-electron chi connectivity index (χ0n) is 13.9. The molecule has 7 heteroatoms. The molecule has 2 heterocycles. The highest BCUT2D eigenvalue weighted by Gasteiger charge is 2.13. The summed E-state index contributed by atoms with van der Waals surface area (Å²) in [4.78, 5) is 19.5. The van der Waals surface area contributed by atoms with Crippen molar-refractivity contribution in [1.82, 2.24) is 15.1 Å². The summed E-state index contributed by atoms with van der Waals surface area (Å²) in [6.45, 7) is -0.0901. The number of methoxy groups -OCH3 is 1. The number of hydrogen-bond donors (Lipinski definition) is 1. The fraction of sp³-hybridized carbons (Fsp3) is 0.105. The van der Waals surface area contributed by atoms with E-state index < -0.39 is 5.97 Å². The van der Waals surface area contributed by atoms with Crippen molar-refractivity contribution in [1.29, 1.82) is 0 Å². The standard InChI is InChI=1S/C19H15N3O4/c1-24-15-5-2-12(3-6-15)18-21-17(26-22-18)11-25-19(23)14-4-7-16-13(10-14)8-9-20-16/h2-10,20H,11H2,1H3. The number of H-pyrrole nitrogens is 1. The monoisotopic (exact) mass is 349 g/mol. The first-order valence-electron chi connectivity index (χ1n) is 7.94. The van der Waals surface area contributed by atoms with Crippen molar-refractivity contribution in [2.24, 2.45) is 0 Å². The van der Waals surface area contributed by atoms with Crippen molar-refractivity contribution in [2.75, 3.05) is 7.11 Å². The first-order valence-corrected chi connectivity index (χ1v) is 7.94. The first kappa shape index (κ1) is 15.9. The molecule has 0 saturated heterocycles. The summed E-state index contributed by atoms with van der Waals surface area (Å²) in [6, 6.07) is 14.5. The third kappa shape index (κ3) is 3.14. The Kier molecular flexibility index (Phi) is 4.10. The predicted octanol–water partition coefficient (Wildman–Crippen LogP) is 3.58. The number of hydrogen-bond acceptors (Lipinski definition) is 6. The number of fused-ring (bicyclic) bond motifs is 1. The average molecular weight is 349 g/mol. The SMILES string of the molecule is COc1ccc(-c2noc(COC(=O)c3ccc4[nH]ccc4c3)n2)cc1. The third-order valence-corrected chi connectivity index (χ3v) is 3.93. The van der Waals surface area contributed by atoms with E-state index in [2.05, 4.69) is 15.1 Å². The second-order valence-electron chi connectivity index (χ2n) is 5.60. The maximum atomic E-state index is 12.2. The van der Waals surface area contributed by atoms with Gasteiger partial charge in [-0.3, -0.25) is 0 Å². The van der Waals surface area contributed by atoms with Crippen LogP contribution < -0.4 is 4.74 Å². The summed E-state index contributed by atoms with van der Waals surface area (Å²) in [7, 11) is 1.60. The van der Waals surface area contributed by atoms with Crippen LogP contribution in [0.15, 0.2) is 59.3 Å². The Morgan fingerprint density at radius 2 is 2.00 bits per heavy atom. The Bertz CT molecular complexity index is 1050. The third-order valence-electron chi connectivity index (χ3n) is 3.93. The van der Waals surface area contributed by atoms with Gasteiger partial charge >= 0.3 is 5.97 Å². The molecule has 0 fully saturated rings. The summed E-state index contributed by atoms with van der Waals surface area (Å²) >= 11 is 0. The van der Waals surface area contributed by atoms with Crippen molar-refractivity contribution in [3.05, 3.63) is 66.2 Å². The Hall–Kier alpha value is -3.61. The van der Waals surface area contributed by atoms with Crippen LogP contribution in [0.25, 0.3) is 22.3 Å². The molecule has 0 aliphatic carbocycles. The molecular formula is C19H15N3O4. The second kappa shape index (κ2) is 6.72. The molecule has 0 aliphatic rings. The highest BCUT2D eigenvalue weighted by molar-refractivity contribution is 5.94. The van der Waals surface area contributed by atoms with Gasteiger partial charge in [0.2, 0.25) is 5.82 Å². The number of rotatable bonds is 5. The van der Waals surface area contributed by atoms with Crippen LogP contribution in [0, 0.1) is 0 Å². The molecule has 1 N–H and O–H groups in total. The van der Waals surface area contributed by atoms with E-state index in [-0.39, 0.29) is 12.5 Å². The molecule has 0 aliphatic heterocycles. The van der Waals surface area contributed by atoms with Crippen molar-refractivity contribution < 1.29 is 18.8 Å². The molecule has 0 amide bonds. The Balaban J connectivity index is 1.42. The Morgan fingerprint density at radius 3 is 2.81 bits per heavy atom. The van der Waals surface area contributed by atoms with Gasteiger partial charge in [0, 0.05) is 22.7 Å². The first-order chi connectivity index (χ1) is 12.7. The maximum absolute atomic E-state index is 12.2. The van der Waals surface area contributed by atoms with E-state index in [1.807, 2.05) is 42.6 Å². The summed E-state index contributed by atoms with van der Waals surface area (Å²) in [5.41, 5.74) is 2.21. The van der Waals surface area contributed by atoms with Crippen LogP contribution in [-0.2, 0) is 11.3 Å². The number of benzene rings is 2. The number of nitrogens with one attached hydrogen (secondary N) is 1. The van der Waals surface area contributed by atoms with Crippen LogP contribution >= 0.6 is 0 Å². The van der Waals surface area contributed by atoms with Crippen LogP contribution in [0.2, 0.25) is 0 Å². The zero-order valence-corrected chi connectivity index (χ0v) is 13.9. The lowest BCUT2D eigenvalue weighted by Crippen LogP contribution is -2.05. The van der Waals surface area contributed by atoms with Gasteiger partial charge < -0.3 is 19.0 Å². The number of aromatic amines is 1. The maximum Gasteiger partial charge on any atom is 0.338 e. The summed E-state index contributed by atoms with van der Waals surface area (Å²) in [5, 5.41) is 4.85. The number of aromatic nitrogens is 3. The van der Waals surface area contributed by atoms with Gasteiger partial charge in [-0.25, -0.2) is 4.79 Å². The molecule has 0 unspecified atom stereocenters. The minimum Gasteiger partial charge on any atom is -0.497 e. The van der Waals surface area contributed by atoms with Crippen molar-refractivity contribution in [3.8, 4) is 17.1 Å². The van der Waals surface area contributed by atoms with Crippen LogP contribution in [-0.4, -0.2) is 28.2 Å². The number of ether oxygens (including phenoxy) is 2.